The first-order valence-electron chi connectivity index (χ1n) is 11.1. The fourth-order valence-electron chi connectivity index (χ4n) is 5.19. The standard InChI is InChI=1S/C24H18N8O2S2/c1-5-19(33-13-1)32-24(17-7-15-36-31-17,18-4-2-14-35-18)23(22-27-11-12-28-22,21-25-8-3-9-26-21)20(34-32)16-6-10-29-30-16/h1-15,20H,(H,27,28)(H,29,30). The van der Waals surface area contributed by atoms with Crippen molar-refractivity contribution in [3.63, 3.8) is 0 Å². The summed E-state index contributed by atoms with van der Waals surface area (Å²) in [6, 6.07) is 13.5. The van der Waals surface area contributed by atoms with E-state index in [9.17, 15) is 0 Å². The maximum atomic E-state index is 6.91. The summed E-state index contributed by atoms with van der Waals surface area (Å²) in [6.07, 6.45) is 9.60. The molecule has 0 aliphatic carbocycles. The summed E-state index contributed by atoms with van der Waals surface area (Å²) in [6.45, 7) is 0. The number of furan rings is 1. The number of aromatic amines is 2. The van der Waals surface area contributed by atoms with Gasteiger partial charge >= 0.3 is 0 Å². The van der Waals surface area contributed by atoms with Crippen LogP contribution in [0.2, 0.25) is 0 Å². The van der Waals surface area contributed by atoms with Crippen LogP contribution in [-0.2, 0) is 15.8 Å². The number of aromatic nitrogens is 7. The zero-order chi connectivity index (χ0) is 24.0. The Labute approximate surface area is 212 Å². The van der Waals surface area contributed by atoms with E-state index in [1.165, 1.54) is 11.5 Å². The molecule has 7 heterocycles. The summed E-state index contributed by atoms with van der Waals surface area (Å²) >= 11 is 2.95. The molecule has 2 N–H and O–H groups in total. The molecule has 1 aliphatic rings. The fraction of sp³-hybridized carbons (Fsp3) is 0.125. The number of hydrogen-bond donors (Lipinski definition) is 2. The predicted molar refractivity (Wildman–Crippen MR) is 132 cm³/mol. The Balaban J connectivity index is 1.70. The molecule has 1 aliphatic heterocycles. The van der Waals surface area contributed by atoms with Gasteiger partial charge in [0, 0.05) is 47.3 Å². The summed E-state index contributed by atoms with van der Waals surface area (Å²) in [4.78, 5) is 25.7. The van der Waals surface area contributed by atoms with Crippen molar-refractivity contribution in [3.8, 4) is 0 Å². The van der Waals surface area contributed by atoms with Crippen LogP contribution in [0.25, 0.3) is 0 Å². The average Bonchev–Trinajstić information content (AvgIpc) is 3.73. The minimum absolute atomic E-state index is 0.505. The van der Waals surface area contributed by atoms with Crippen molar-refractivity contribution in [3.05, 3.63) is 118 Å². The van der Waals surface area contributed by atoms with E-state index in [2.05, 4.69) is 21.2 Å². The number of nitrogens with one attached hydrogen (secondary N) is 2. The summed E-state index contributed by atoms with van der Waals surface area (Å²) in [5, 5.41) is 13.1. The maximum absolute atomic E-state index is 6.91. The largest absolute Gasteiger partial charge is 0.447 e. The van der Waals surface area contributed by atoms with E-state index in [0.717, 1.165) is 16.3 Å². The van der Waals surface area contributed by atoms with Crippen LogP contribution in [-0.4, -0.2) is 34.5 Å². The highest BCUT2D eigenvalue weighted by molar-refractivity contribution is 7.10. The summed E-state index contributed by atoms with van der Waals surface area (Å²) in [5.41, 5.74) is -0.800. The van der Waals surface area contributed by atoms with Gasteiger partial charge in [0.25, 0.3) is 0 Å². The number of hydroxylamine groups is 1. The van der Waals surface area contributed by atoms with E-state index in [4.69, 9.17) is 28.6 Å². The summed E-state index contributed by atoms with van der Waals surface area (Å²) < 4.78 is 10.9. The Morgan fingerprint density at radius 3 is 2.56 bits per heavy atom. The van der Waals surface area contributed by atoms with Gasteiger partial charge in [0.15, 0.2) is 17.1 Å². The lowest BCUT2D eigenvalue weighted by molar-refractivity contribution is 0.0537. The lowest BCUT2D eigenvalue weighted by atomic mass is 9.62. The van der Waals surface area contributed by atoms with E-state index in [0.29, 0.717) is 17.5 Å². The van der Waals surface area contributed by atoms with Crippen molar-refractivity contribution >= 4 is 28.8 Å². The minimum Gasteiger partial charge on any atom is -0.447 e. The molecule has 3 atom stereocenters. The van der Waals surface area contributed by atoms with Gasteiger partial charge in [-0.05, 0) is 47.2 Å². The van der Waals surface area contributed by atoms with Crippen molar-refractivity contribution < 1.29 is 9.25 Å². The van der Waals surface area contributed by atoms with Crippen LogP contribution in [0.5, 0.6) is 0 Å². The number of imidazole rings is 1. The van der Waals surface area contributed by atoms with E-state index in [-0.39, 0.29) is 0 Å². The molecule has 178 valence electrons. The van der Waals surface area contributed by atoms with E-state index in [1.807, 2.05) is 41.1 Å². The molecule has 3 unspecified atom stereocenters. The Morgan fingerprint density at radius 1 is 0.944 bits per heavy atom. The Bertz CT molecular complexity index is 1480. The average molecular weight is 515 g/mol. The molecule has 12 heteroatoms. The quantitative estimate of drug-likeness (QED) is 0.334. The minimum atomic E-state index is -1.16. The molecule has 0 bridgehead atoms. The van der Waals surface area contributed by atoms with Crippen molar-refractivity contribution in [2.24, 2.45) is 0 Å². The van der Waals surface area contributed by atoms with Crippen LogP contribution in [0.1, 0.15) is 34.0 Å². The van der Waals surface area contributed by atoms with E-state index in [1.54, 1.807) is 59.7 Å². The second kappa shape index (κ2) is 8.22. The third-order valence-electron chi connectivity index (χ3n) is 6.47. The molecule has 10 nitrogen and oxygen atoms in total. The number of nitrogens with zero attached hydrogens (tertiary/aromatic N) is 6. The number of H-pyrrole nitrogens is 2. The molecule has 0 amide bonds. The van der Waals surface area contributed by atoms with Crippen LogP contribution < -0.4 is 5.06 Å². The Kier molecular flexibility index (Phi) is 4.84. The van der Waals surface area contributed by atoms with Gasteiger partial charge in [-0.1, -0.05) is 6.07 Å². The fourth-order valence-corrected chi connectivity index (χ4v) is 6.73. The highest BCUT2D eigenvalue weighted by atomic mass is 32.1. The highest BCUT2D eigenvalue weighted by Crippen LogP contribution is 2.65. The molecule has 1 fully saturated rings. The molecule has 6 aromatic rings. The van der Waals surface area contributed by atoms with Gasteiger partial charge in [-0.25, -0.2) is 20.0 Å². The van der Waals surface area contributed by atoms with Gasteiger partial charge in [-0.2, -0.15) is 9.47 Å². The van der Waals surface area contributed by atoms with Crippen LogP contribution in [0.15, 0.2) is 94.9 Å². The molecule has 0 aromatic carbocycles. The molecule has 0 saturated carbocycles. The highest BCUT2D eigenvalue weighted by Gasteiger charge is 2.75. The SMILES string of the molecule is c1cnc(C2(c3ncc[nH]3)C(c3ccn[nH]3)ON(c3ccco3)C2(c2ccsn2)c2cccs2)nc1. The monoisotopic (exact) mass is 514 g/mol. The Hall–Kier alpha value is -4.13. The Morgan fingerprint density at radius 2 is 1.89 bits per heavy atom. The topological polar surface area (TPSA) is 122 Å². The van der Waals surface area contributed by atoms with Gasteiger partial charge < -0.3 is 9.40 Å². The van der Waals surface area contributed by atoms with Crippen molar-refractivity contribution in [1.82, 2.24) is 34.5 Å². The van der Waals surface area contributed by atoms with Crippen molar-refractivity contribution in [2.75, 3.05) is 5.06 Å². The zero-order valence-electron chi connectivity index (χ0n) is 18.6. The van der Waals surface area contributed by atoms with Gasteiger partial charge in [-0.15, -0.1) is 11.3 Å². The summed E-state index contributed by atoms with van der Waals surface area (Å²) in [5.74, 6) is 1.63. The van der Waals surface area contributed by atoms with Gasteiger partial charge in [0.2, 0.25) is 5.88 Å². The lowest BCUT2D eigenvalue weighted by Gasteiger charge is -2.44. The van der Waals surface area contributed by atoms with Gasteiger partial charge in [0.05, 0.1) is 17.7 Å². The smallest absolute Gasteiger partial charge is 0.220 e. The first-order chi connectivity index (χ1) is 17.9. The second-order valence-electron chi connectivity index (χ2n) is 8.13. The van der Waals surface area contributed by atoms with E-state index >= 15 is 0 Å². The third-order valence-corrected chi connectivity index (χ3v) is 8.01. The van der Waals surface area contributed by atoms with Crippen LogP contribution in [0.4, 0.5) is 5.88 Å². The molecular weight excluding hydrogens is 496 g/mol. The van der Waals surface area contributed by atoms with Crippen LogP contribution >= 0.6 is 22.9 Å². The van der Waals surface area contributed by atoms with Crippen molar-refractivity contribution in [2.45, 2.75) is 17.1 Å². The first-order valence-corrected chi connectivity index (χ1v) is 12.8. The number of anilines is 1. The molecule has 7 rings (SSSR count). The zero-order valence-corrected chi connectivity index (χ0v) is 20.2. The van der Waals surface area contributed by atoms with Crippen LogP contribution in [0.3, 0.4) is 0 Å². The molecule has 0 radical (unpaired) electrons. The molecule has 36 heavy (non-hydrogen) atoms. The molecule has 0 spiro atoms. The maximum Gasteiger partial charge on any atom is 0.220 e. The van der Waals surface area contributed by atoms with Crippen molar-refractivity contribution in [1.29, 1.82) is 0 Å². The number of hydrogen-bond acceptors (Lipinski definition) is 10. The summed E-state index contributed by atoms with van der Waals surface area (Å²) in [7, 11) is 0. The molecular formula is C24H18N8O2S2. The number of thiophene rings is 1. The van der Waals surface area contributed by atoms with Gasteiger partial charge in [-0.3, -0.25) is 9.94 Å². The number of rotatable bonds is 6. The normalized spacial score (nSPS) is 23.9. The lowest BCUT2D eigenvalue weighted by Crippen LogP contribution is -2.57. The molecule has 1 saturated heterocycles. The van der Waals surface area contributed by atoms with Crippen LogP contribution in [0, 0.1) is 0 Å². The predicted octanol–water partition coefficient (Wildman–Crippen LogP) is 4.46. The first kappa shape index (κ1) is 21.2. The third kappa shape index (κ3) is 2.71. The van der Waals surface area contributed by atoms with E-state index < -0.39 is 17.1 Å². The van der Waals surface area contributed by atoms with Gasteiger partial charge in [0.1, 0.15) is 11.6 Å². The second-order valence-corrected chi connectivity index (χ2v) is 9.75. The molecule has 6 aromatic heterocycles.